The van der Waals surface area contributed by atoms with Gasteiger partial charge in [0.2, 0.25) is 5.96 Å². The average molecular weight is 572 g/mol. The van der Waals surface area contributed by atoms with Crippen LogP contribution in [0.1, 0.15) is 61.7 Å². The van der Waals surface area contributed by atoms with Crippen LogP contribution in [0.15, 0.2) is 28.2 Å². The molecule has 3 heterocycles. The van der Waals surface area contributed by atoms with E-state index in [2.05, 4.69) is 20.9 Å². The molecule has 0 radical (unpaired) electrons. The molecule has 0 aromatic heterocycles. The lowest BCUT2D eigenvalue weighted by Gasteiger charge is -2.50. The number of nitrogens with zero attached hydrogens (tertiary/aromatic N) is 4. The number of aliphatic imine (C=N–C) groups is 2. The molecule has 2 aliphatic carbocycles. The molecule has 3 aliphatic heterocycles. The number of likely N-dealkylation sites (N-methyl/N-ethyl adjacent to an activating group) is 1. The predicted molar refractivity (Wildman–Crippen MR) is 152 cm³/mol. The quantitative estimate of drug-likeness (QED) is 0.502. The maximum absolute atomic E-state index is 14.9. The minimum atomic E-state index is -3.50. The van der Waals surface area contributed by atoms with Gasteiger partial charge < -0.3 is 25.6 Å². The summed E-state index contributed by atoms with van der Waals surface area (Å²) in [5.74, 6) is -4.18. The molecule has 2 saturated carbocycles. The van der Waals surface area contributed by atoms with Gasteiger partial charge in [-0.3, -0.25) is 14.5 Å². The Bertz CT molecular complexity index is 1230. The Morgan fingerprint density at radius 2 is 1.90 bits per heavy atom. The maximum atomic E-state index is 14.9. The molecular weight excluding hydrogens is 532 g/mol. The average Bonchev–Trinajstić information content (AvgIpc) is 3.48. The van der Waals surface area contributed by atoms with Crippen molar-refractivity contribution in [3.05, 3.63) is 23.8 Å². The van der Waals surface area contributed by atoms with Gasteiger partial charge in [0.1, 0.15) is 18.0 Å². The van der Waals surface area contributed by atoms with E-state index in [9.17, 15) is 18.4 Å². The van der Waals surface area contributed by atoms with E-state index in [4.69, 9.17) is 9.73 Å². The number of nitrogens with one attached hydrogen (secondary N) is 3. The van der Waals surface area contributed by atoms with Crippen molar-refractivity contribution >= 4 is 29.7 Å². The Labute approximate surface area is 239 Å². The molecule has 2 amide bonds. The third-order valence-corrected chi connectivity index (χ3v) is 9.57. The normalized spacial score (nSPS) is 28.0. The molecule has 222 valence electrons. The highest BCUT2D eigenvalue weighted by Crippen LogP contribution is 2.48. The first-order valence-electron chi connectivity index (χ1n) is 14.7. The molecule has 10 nitrogen and oxygen atoms in total. The SMILES string of the molecule is COc1cc(C(=O)NC2CC3(CCNCC3)C2)ccc1NC1=NC2C(C=N1)N(C)C(=O)C(F)(F)CN2C1CCCC1. The molecule has 5 aliphatic rings. The fourth-order valence-electron chi connectivity index (χ4n) is 7.24. The van der Waals surface area contributed by atoms with Gasteiger partial charge >= 0.3 is 5.92 Å². The van der Waals surface area contributed by atoms with E-state index in [0.717, 1.165) is 69.4 Å². The Hall–Kier alpha value is -3.12. The summed E-state index contributed by atoms with van der Waals surface area (Å²) in [6, 6.07) is 4.54. The number of ether oxygens (including phenoxy) is 1. The molecule has 1 spiro atoms. The van der Waals surface area contributed by atoms with Crippen LogP contribution in [0.2, 0.25) is 0 Å². The number of anilines is 1. The van der Waals surface area contributed by atoms with Crippen LogP contribution in [-0.4, -0.2) is 97.8 Å². The first kappa shape index (κ1) is 28.0. The van der Waals surface area contributed by atoms with Crippen molar-refractivity contribution in [3.63, 3.8) is 0 Å². The second-order valence-corrected chi connectivity index (χ2v) is 12.2. The van der Waals surface area contributed by atoms with E-state index in [1.165, 1.54) is 20.4 Å². The Kier molecular flexibility index (Phi) is 7.48. The number of halogens is 2. The van der Waals surface area contributed by atoms with E-state index < -0.39 is 30.6 Å². The number of alkyl halides is 2. The van der Waals surface area contributed by atoms with Crippen molar-refractivity contribution in [1.29, 1.82) is 0 Å². The number of hydrogen-bond acceptors (Lipinski definition) is 8. The fourth-order valence-corrected chi connectivity index (χ4v) is 7.24. The Morgan fingerprint density at radius 3 is 2.61 bits per heavy atom. The summed E-state index contributed by atoms with van der Waals surface area (Å²) in [4.78, 5) is 37.4. The lowest BCUT2D eigenvalue weighted by molar-refractivity contribution is -0.156. The molecule has 0 bridgehead atoms. The second-order valence-electron chi connectivity index (χ2n) is 12.2. The molecule has 1 aromatic rings. The van der Waals surface area contributed by atoms with Crippen LogP contribution in [0.5, 0.6) is 5.75 Å². The molecule has 3 N–H and O–H groups in total. The van der Waals surface area contributed by atoms with E-state index in [1.807, 2.05) is 0 Å². The van der Waals surface area contributed by atoms with Gasteiger partial charge in [-0.05, 0) is 75.2 Å². The molecule has 41 heavy (non-hydrogen) atoms. The van der Waals surface area contributed by atoms with Crippen molar-refractivity contribution in [2.75, 3.05) is 39.1 Å². The largest absolute Gasteiger partial charge is 0.495 e. The molecule has 2 unspecified atom stereocenters. The van der Waals surface area contributed by atoms with Crippen LogP contribution < -0.4 is 20.7 Å². The number of methoxy groups -OCH3 is 1. The van der Waals surface area contributed by atoms with Crippen LogP contribution in [0.25, 0.3) is 0 Å². The lowest BCUT2D eigenvalue weighted by atomic mass is 9.60. The van der Waals surface area contributed by atoms with E-state index in [-0.39, 0.29) is 24.0 Å². The lowest BCUT2D eigenvalue weighted by Crippen LogP contribution is -2.54. The van der Waals surface area contributed by atoms with Crippen molar-refractivity contribution in [3.8, 4) is 5.75 Å². The monoisotopic (exact) mass is 571 g/mol. The predicted octanol–water partition coefficient (Wildman–Crippen LogP) is 2.86. The zero-order valence-corrected chi connectivity index (χ0v) is 23.7. The van der Waals surface area contributed by atoms with E-state index in [1.54, 1.807) is 23.1 Å². The standard InChI is InChI=1S/C29H39F2N7O3/c1-37-22-16-33-27(36-24(22)38(20-5-3-4-6-20)17-29(30,31)26(37)40)35-21-8-7-18(13-23(21)41-2)25(39)34-19-14-28(15-19)9-11-32-12-10-28/h7-8,13,16,19-20,22,24,32H,3-6,9-12,14-15,17H2,1-2H3,(H,34,39)(H,35,36). The molecule has 1 aromatic carbocycles. The van der Waals surface area contributed by atoms with Crippen molar-refractivity contribution < 1.29 is 23.1 Å². The number of benzene rings is 1. The molecule has 12 heteroatoms. The zero-order chi connectivity index (χ0) is 28.8. The summed E-state index contributed by atoms with van der Waals surface area (Å²) >= 11 is 0. The molecular formula is C29H39F2N7O3. The van der Waals surface area contributed by atoms with Crippen LogP contribution >= 0.6 is 0 Å². The molecule has 2 atom stereocenters. The van der Waals surface area contributed by atoms with Crippen LogP contribution in [0.3, 0.4) is 0 Å². The summed E-state index contributed by atoms with van der Waals surface area (Å²) in [6.45, 7) is 1.42. The number of carbonyl (C=O) groups is 2. The van der Waals surface area contributed by atoms with Crippen LogP contribution in [0.4, 0.5) is 14.5 Å². The number of amides is 2. The van der Waals surface area contributed by atoms with Gasteiger partial charge in [0.25, 0.3) is 11.8 Å². The number of hydrogen-bond donors (Lipinski definition) is 3. The number of rotatable bonds is 5. The first-order valence-corrected chi connectivity index (χ1v) is 14.7. The first-order chi connectivity index (χ1) is 19.7. The summed E-state index contributed by atoms with van der Waals surface area (Å²) < 4.78 is 35.4. The van der Waals surface area contributed by atoms with Crippen molar-refractivity contribution in [1.82, 2.24) is 20.4 Å². The van der Waals surface area contributed by atoms with Gasteiger partial charge in [0.05, 0.1) is 19.3 Å². The van der Waals surface area contributed by atoms with Gasteiger partial charge in [-0.1, -0.05) is 12.8 Å². The zero-order valence-electron chi connectivity index (χ0n) is 23.7. The molecule has 2 saturated heterocycles. The Morgan fingerprint density at radius 1 is 1.17 bits per heavy atom. The topological polar surface area (TPSA) is 111 Å². The third kappa shape index (κ3) is 5.43. The number of carbonyl (C=O) groups excluding carboxylic acids is 2. The van der Waals surface area contributed by atoms with Gasteiger partial charge in [0.15, 0.2) is 0 Å². The summed E-state index contributed by atoms with van der Waals surface area (Å²) in [5, 5.41) is 9.71. The smallest absolute Gasteiger partial charge is 0.337 e. The minimum Gasteiger partial charge on any atom is -0.495 e. The Balaban J connectivity index is 1.17. The van der Waals surface area contributed by atoms with Crippen LogP contribution in [0, 0.1) is 5.41 Å². The highest BCUT2D eigenvalue weighted by molar-refractivity contribution is 6.03. The number of guanidine groups is 1. The van der Waals surface area contributed by atoms with Gasteiger partial charge in [-0.2, -0.15) is 8.78 Å². The summed E-state index contributed by atoms with van der Waals surface area (Å²) in [6.07, 6.45) is 8.70. The van der Waals surface area contributed by atoms with E-state index in [0.29, 0.717) is 22.4 Å². The van der Waals surface area contributed by atoms with Gasteiger partial charge in [-0.15, -0.1) is 0 Å². The number of piperidine rings is 1. The number of fused-ring (bicyclic) bond motifs is 1. The molecule has 4 fully saturated rings. The highest BCUT2D eigenvalue weighted by atomic mass is 19.3. The van der Waals surface area contributed by atoms with Crippen molar-refractivity contribution in [2.45, 2.75) is 81.6 Å². The third-order valence-electron chi connectivity index (χ3n) is 9.57. The minimum absolute atomic E-state index is 0.0724. The highest BCUT2D eigenvalue weighted by Gasteiger charge is 2.53. The summed E-state index contributed by atoms with van der Waals surface area (Å²) in [5.41, 5.74) is 1.41. The van der Waals surface area contributed by atoms with Gasteiger partial charge in [-0.25, -0.2) is 9.98 Å². The van der Waals surface area contributed by atoms with Gasteiger partial charge in [0, 0.05) is 30.9 Å². The maximum Gasteiger partial charge on any atom is 0.337 e. The van der Waals surface area contributed by atoms with Crippen LogP contribution in [-0.2, 0) is 4.79 Å². The van der Waals surface area contributed by atoms with Crippen molar-refractivity contribution in [2.24, 2.45) is 15.4 Å². The molecule has 6 rings (SSSR count). The summed E-state index contributed by atoms with van der Waals surface area (Å²) in [7, 11) is 2.90. The van der Waals surface area contributed by atoms with E-state index >= 15 is 0 Å². The fraction of sp³-hybridized carbons (Fsp3) is 0.655. The second kappa shape index (κ2) is 10.9.